The van der Waals surface area contributed by atoms with E-state index in [1.807, 2.05) is 0 Å². The molecule has 6 nitrogen and oxygen atoms in total. The number of carbonyl (C=O) groups excluding carboxylic acids is 2. The lowest BCUT2D eigenvalue weighted by Crippen LogP contribution is -2.29. The van der Waals surface area contributed by atoms with Gasteiger partial charge in [0.15, 0.2) is 5.57 Å². The molecule has 1 aromatic rings. The molecule has 1 aromatic carbocycles. The van der Waals surface area contributed by atoms with Crippen molar-refractivity contribution in [2.24, 2.45) is 0 Å². The van der Waals surface area contributed by atoms with Crippen LogP contribution in [0.2, 0.25) is 0 Å². The largest absolute Gasteiger partial charge is 0.497 e. The van der Waals surface area contributed by atoms with Crippen molar-refractivity contribution >= 4 is 17.6 Å². The van der Waals surface area contributed by atoms with Gasteiger partial charge in [-0.05, 0) is 30.7 Å². The summed E-state index contributed by atoms with van der Waals surface area (Å²) >= 11 is 0. The normalized spacial score (nSPS) is 10.6. The van der Waals surface area contributed by atoms with Gasteiger partial charge in [0, 0.05) is 5.69 Å². The number of anilines is 1. The Morgan fingerprint density at radius 3 is 1.96 bits per heavy atom. The van der Waals surface area contributed by atoms with E-state index < -0.39 is 29.4 Å². The second-order valence-electron chi connectivity index (χ2n) is 4.54. The molecule has 0 heterocycles. The molecule has 0 aliphatic carbocycles. The first-order valence-corrected chi connectivity index (χ1v) is 6.55. The minimum Gasteiger partial charge on any atom is -0.497 e. The molecule has 0 radical (unpaired) electrons. The molecular weight excluding hydrogens is 331 g/mol. The molecular formula is C15H16F3NO5. The van der Waals surface area contributed by atoms with Crippen molar-refractivity contribution in [3.63, 3.8) is 0 Å². The maximum absolute atomic E-state index is 13.4. The molecule has 0 amide bonds. The molecule has 0 aromatic heterocycles. The summed E-state index contributed by atoms with van der Waals surface area (Å²) in [5.74, 6) is -2.49. The Bertz CT molecular complexity index is 650. The highest BCUT2D eigenvalue weighted by Crippen LogP contribution is 2.32. The smallest absolute Gasteiger partial charge is 0.432 e. The van der Waals surface area contributed by atoms with Gasteiger partial charge in [0.2, 0.25) is 0 Å². The predicted octanol–water partition coefficient (Wildman–Crippen LogP) is 2.58. The molecule has 0 fully saturated rings. The Hall–Kier alpha value is -2.71. The van der Waals surface area contributed by atoms with Crippen molar-refractivity contribution < 1.29 is 37.0 Å². The zero-order valence-corrected chi connectivity index (χ0v) is 13.4. The van der Waals surface area contributed by atoms with E-state index in [0.717, 1.165) is 14.2 Å². The van der Waals surface area contributed by atoms with Crippen molar-refractivity contribution in [1.82, 2.24) is 0 Å². The monoisotopic (exact) mass is 347 g/mol. The molecule has 9 heteroatoms. The number of esters is 2. The molecule has 132 valence electrons. The Labute approximate surface area is 136 Å². The average Bonchev–Trinajstić information content (AvgIpc) is 2.53. The summed E-state index contributed by atoms with van der Waals surface area (Å²) in [5, 5.41) is 2.07. The fourth-order valence-corrected chi connectivity index (χ4v) is 1.80. The first-order chi connectivity index (χ1) is 11.1. The lowest BCUT2D eigenvalue weighted by Gasteiger charge is -2.19. The van der Waals surface area contributed by atoms with E-state index in [1.54, 1.807) is 0 Å². The third-order valence-electron chi connectivity index (χ3n) is 3.01. The fourth-order valence-electron chi connectivity index (χ4n) is 1.80. The number of rotatable bonds is 5. The lowest BCUT2D eigenvalue weighted by atomic mass is 10.1. The van der Waals surface area contributed by atoms with Crippen molar-refractivity contribution in [3.05, 3.63) is 35.0 Å². The molecule has 0 atom stereocenters. The molecule has 1 rings (SSSR count). The predicted molar refractivity (Wildman–Crippen MR) is 78.5 cm³/mol. The topological polar surface area (TPSA) is 73.9 Å². The quantitative estimate of drug-likeness (QED) is 0.382. The molecule has 0 aliphatic rings. The van der Waals surface area contributed by atoms with Crippen LogP contribution in [0.4, 0.5) is 18.9 Å². The molecule has 0 saturated carbocycles. The van der Waals surface area contributed by atoms with Gasteiger partial charge in [-0.15, -0.1) is 0 Å². The first kappa shape index (κ1) is 19.3. The molecule has 0 unspecified atom stereocenters. The van der Waals surface area contributed by atoms with Crippen LogP contribution in [0.3, 0.4) is 0 Å². The highest BCUT2D eigenvalue weighted by molar-refractivity contribution is 6.15. The number of aryl methyl sites for hydroxylation is 1. The van der Waals surface area contributed by atoms with E-state index in [9.17, 15) is 22.8 Å². The zero-order valence-electron chi connectivity index (χ0n) is 13.4. The van der Waals surface area contributed by atoms with Crippen LogP contribution in [0.1, 0.15) is 5.56 Å². The van der Waals surface area contributed by atoms with Gasteiger partial charge in [-0.3, -0.25) is 0 Å². The summed E-state index contributed by atoms with van der Waals surface area (Å²) in [7, 11) is 3.13. The second kappa shape index (κ2) is 7.71. The van der Waals surface area contributed by atoms with E-state index >= 15 is 0 Å². The van der Waals surface area contributed by atoms with Gasteiger partial charge >= 0.3 is 18.1 Å². The number of methoxy groups -OCH3 is 3. The van der Waals surface area contributed by atoms with Gasteiger partial charge in [-0.1, -0.05) is 0 Å². The van der Waals surface area contributed by atoms with Gasteiger partial charge in [0.1, 0.15) is 11.4 Å². The minimum absolute atomic E-state index is 0.0356. The standard InChI is InChI=1S/C15H16F3NO5/c1-8-7-9(22-2)5-6-10(8)19-12(15(16,17)18)11(13(20)23-3)14(21)24-4/h5-7,19H,1-4H3. The minimum atomic E-state index is -5.02. The summed E-state index contributed by atoms with van der Waals surface area (Å²) in [6, 6.07) is 4.25. The zero-order chi connectivity index (χ0) is 18.5. The number of halogens is 3. The van der Waals surface area contributed by atoms with E-state index in [2.05, 4.69) is 14.8 Å². The Balaban J connectivity index is 3.49. The van der Waals surface area contributed by atoms with Gasteiger partial charge in [-0.2, -0.15) is 13.2 Å². The highest BCUT2D eigenvalue weighted by Gasteiger charge is 2.42. The molecule has 0 bridgehead atoms. The number of allylic oxidation sites excluding steroid dienone is 1. The van der Waals surface area contributed by atoms with Crippen LogP contribution in [-0.2, 0) is 19.1 Å². The fraction of sp³-hybridized carbons (Fsp3) is 0.333. The number of alkyl halides is 3. The van der Waals surface area contributed by atoms with E-state index in [1.165, 1.54) is 32.2 Å². The number of hydrogen-bond donors (Lipinski definition) is 1. The number of hydrogen-bond acceptors (Lipinski definition) is 6. The Kier molecular flexibility index (Phi) is 6.21. The summed E-state index contributed by atoms with van der Waals surface area (Å²) in [6.45, 7) is 1.54. The molecule has 0 saturated heterocycles. The third-order valence-corrected chi connectivity index (χ3v) is 3.01. The number of benzene rings is 1. The van der Waals surface area contributed by atoms with Gasteiger partial charge in [-0.25, -0.2) is 9.59 Å². The molecule has 1 N–H and O–H groups in total. The van der Waals surface area contributed by atoms with Gasteiger partial charge in [0.05, 0.1) is 21.3 Å². The van der Waals surface area contributed by atoms with Crippen LogP contribution < -0.4 is 10.1 Å². The number of carbonyl (C=O) groups is 2. The maximum Gasteiger partial charge on any atom is 0.432 e. The lowest BCUT2D eigenvalue weighted by molar-refractivity contribution is -0.146. The van der Waals surface area contributed by atoms with Crippen LogP contribution in [-0.4, -0.2) is 39.4 Å². The average molecular weight is 347 g/mol. The first-order valence-electron chi connectivity index (χ1n) is 6.55. The SMILES string of the molecule is COC(=O)C(C(=O)OC)=C(Nc1ccc(OC)cc1C)C(F)(F)F. The molecule has 24 heavy (non-hydrogen) atoms. The third kappa shape index (κ3) is 4.40. The van der Waals surface area contributed by atoms with E-state index in [-0.39, 0.29) is 5.69 Å². The van der Waals surface area contributed by atoms with Crippen LogP contribution in [0.5, 0.6) is 5.75 Å². The van der Waals surface area contributed by atoms with Gasteiger partial charge in [0.25, 0.3) is 0 Å². The van der Waals surface area contributed by atoms with Crippen LogP contribution in [0.15, 0.2) is 29.5 Å². The summed E-state index contributed by atoms with van der Waals surface area (Å²) < 4.78 is 53.6. The van der Waals surface area contributed by atoms with Crippen molar-refractivity contribution in [2.45, 2.75) is 13.1 Å². The van der Waals surface area contributed by atoms with Crippen LogP contribution in [0, 0.1) is 6.92 Å². The maximum atomic E-state index is 13.4. The molecule has 0 aliphatic heterocycles. The van der Waals surface area contributed by atoms with Crippen molar-refractivity contribution in [3.8, 4) is 5.75 Å². The number of nitrogens with one attached hydrogen (secondary N) is 1. The second-order valence-corrected chi connectivity index (χ2v) is 4.54. The van der Waals surface area contributed by atoms with Gasteiger partial charge < -0.3 is 19.5 Å². The van der Waals surface area contributed by atoms with Crippen molar-refractivity contribution in [1.29, 1.82) is 0 Å². The highest BCUT2D eigenvalue weighted by atomic mass is 19.4. The van der Waals surface area contributed by atoms with Crippen LogP contribution in [0.25, 0.3) is 0 Å². The van der Waals surface area contributed by atoms with E-state index in [0.29, 0.717) is 11.3 Å². The summed E-state index contributed by atoms with van der Waals surface area (Å²) in [4.78, 5) is 23.3. The molecule has 0 spiro atoms. The Morgan fingerprint density at radius 1 is 1.04 bits per heavy atom. The van der Waals surface area contributed by atoms with Crippen LogP contribution >= 0.6 is 0 Å². The van der Waals surface area contributed by atoms with E-state index in [4.69, 9.17) is 4.74 Å². The summed E-state index contributed by atoms with van der Waals surface area (Å²) in [6.07, 6.45) is -5.02. The number of ether oxygens (including phenoxy) is 3. The summed E-state index contributed by atoms with van der Waals surface area (Å²) in [5.41, 5.74) is -2.41. The Morgan fingerprint density at radius 2 is 1.58 bits per heavy atom. The van der Waals surface area contributed by atoms with Crippen molar-refractivity contribution in [2.75, 3.05) is 26.6 Å².